The second kappa shape index (κ2) is 5.43. The smallest absolute Gasteiger partial charge is 0.0528 e. The summed E-state index contributed by atoms with van der Waals surface area (Å²) in [6.45, 7) is 3.05. The maximum atomic E-state index is 6.02. The Morgan fingerprint density at radius 2 is 2.05 bits per heavy atom. The molecule has 1 aromatic rings. The third-order valence-corrected chi connectivity index (χ3v) is 5.14. The summed E-state index contributed by atoms with van der Waals surface area (Å²) in [6.07, 6.45) is 3.96. The number of methoxy groups -OCH3 is 1. The van der Waals surface area contributed by atoms with Crippen LogP contribution in [0.1, 0.15) is 30.7 Å². The first kappa shape index (κ1) is 13.4. The van der Waals surface area contributed by atoms with Gasteiger partial charge in [0, 0.05) is 30.0 Å². The van der Waals surface area contributed by atoms with E-state index in [2.05, 4.69) is 17.4 Å². The van der Waals surface area contributed by atoms with Crippen LogP contribution in [0.25, 0.3) is 0 Å². The van der Waals surface area contributed by atoms with E-state index in [-0.39, 0.29) is 0 Å². The van der Waals surface area contributed by atoms with Gasteiger partial charge in [0.1, 0.15) is 0 Å². The van der Waals surface area contributed by atoms with Crippen molar-refractivity contribution in [3.8, 4) is 0 Å². The minimum atomic E-state index is 0.327. The molecule has 2 aliphatic rings. The Labute approximate surface area is 120 Å². The highest BCUT2D eigenvalue weighted by molar-refractivity contribution is 6.30. The van der Waals surface area contributed by atoms with Crippen molar-refractivity contribution in [3.05, 3.63) is 34.9 Å². The molecule has 0 spiro atoms. The fourth-order valence-electron chi connectivity index (χ4n) is 3.80. The molecule has 2 unspecified atom stereocenters. The average Bonchev–Trinajstić information content (AvgIpc) is 3.25. The lowest BCUT2D eigenvalue weighted by molar-refractivity contribution is 0.0184. The van der Waals surface area contributed by atoms with Gasteiger partial charge in [-0.3, -0.25) is 0 Å². The van der Waals surface area contributed by atoms with Crippen molar-refractivity contribution >= 4 is 11.6 Å². The van der Waals surface area contributed by atoms with Gasteiger partial charge >= 0.3 is 0 Å². The van der Waals surface area contributed by atoms with Crippen molar-refractivity contribution in [2.75, 3.05) is 26.8 Å². The third kappa shape index (κ3) is 2.54. The van der Waals surface area contributed by atoms with Gasteiger partial charge < -0.3 is 10.1 Å². The zero-order chi connectivity index (χ0) is 13.3. The molecular weight excluding hydrogens is 258 g/mol. The minimum Gasteiger partial charge on any atom is -0.384 e. The van der Waals surface area contributed by atoms with E-state index in [1.54, 1.807) is 0 Å². The van der Waals surface area contributed by atoms with Gasteiger partial charge in [0.15, 0.2) is 0 Å². The maximum absolute atomic E-state index is 6.02. The molecule has 2 fully saturated rings. The molecule has 19 heavy (non-hydrogen) atoms. The van der Waals surface area contributed by atoms with E-state index in [0.717, 1.165) is 30.6 Å². The Balaban J connectivity index is 1.93. The number of piperidine rings is 1. The Hall–Kier alpha value is -0.570. The predicted octanol–water partition coefficient (Wildman–Crippen LogP) is 3.46. The first-order valence-electron chi connectivity index (χ1n) is 7.21. The summed E-state index contributed by atoms with van der Waals surface area (Å²) in [7, 11) is 1.84. The number of benzene rings is 1. The zero-order valence-corrected chi connectivity index (χ0v) is 12.2. The van der Waals surface area contributed by atoms with Crippen molar-refractivity contribution in [3.63, 3.8) is 0 Å². The summed E-state index contributed by atoms with van der Waals surface area (Å²) in [5, 5.41) is 4.37. The van der Waals surface area contributed by atoms with Gasteiger partial charge in [-0.2, -0.15) is 0 Å². The Morgan fingerprint density at radius 1 is 1.32 bits per heavy atom. The first-order chi connectivity index (χ1) is 9.26. The molecular formula is C16H22ClNO. The molecule has 3 rings (SSSR count). The molecule has 0 aromatic heterocycles. The highest BCUT2D eigenvalue weighted by atomic mass is 35.5. The molecule has 2 nitrogen and oxygen atoms in total. The van der Waals surface area contributed by atoms with Crippen LogP contribution < -0.4 is 5.32 Å². The molecule has 0 radical (unpaired) electrons. The highest BCUT2D eigenvalue weighted by Crippen LogP contribution is 2.56. The van der Waals surface area contributed by atoms with Crippen LogP contribution in [-0.4, -0.2) is 26.8 Å². The molecule has 3 heteroatoms. The number of halogens is 1. The molecule has 104 valence electrons. The molecule has 1 aliphatic heterocycles. The van der Waals surface area contributed by atoms with E-state index < -0.39 is 0 Å². The molecule has 1 heterocycles. The van der Waals surface area contributed by atoms with Crippen LogP contribution in [0.3, 0.4) is 0 Å². The second-order valence-corrected chi connectivity index (χ2v) is 6.44. The summed E-state index contributed by atoms with van der Waals surface area (Å²) in [5.41, 5.74) is 1.73. The van der Waals surface area contributed by atoms with Crippen molar-refractivity contribution in [2.24, 2.45) is 11.3 Å². The SMILES string of the molecule is COCC1(C2CC2)CCNCC1c1ccc(Cl)cc1. The average molecular weight is 280 g/mol. The third-order valence-electron chi connectivity index (χ3n) is 4.89. The van der Waals surface area contributed by atoms with E-state index in [0.29, 0.717) is 11.3 Å². The first-order valence-corrected chi connectivity index (χ1v) is 7.59. The van der Waals surface area contributed by atoms with E-state index in [4.69, 9.17) is 16.3 Å². The predicted molar refractivity (Wildman–Crippen MR) is 78.7 cm³/mol. The Morgan fingerprint density at radius 3 is 2.68 bits per heavy atom. The van der Waals surface area contributed by atoms with Crippen LogP contribution in [0.15, 0.2) is 24.3 Å². The van der Waals surface area contributed by atoms with Gasteiger partial charge in [0.25, 0.3) is 0 Å². The lowest BCUT2D eigenvalue weighted by Crippen LogP contribution is -2.47. The van der Waals surface area contributed by atoms with E-state index >= 15 is 0 Å². The van der Waals surface area contributed by atoms with Gasteiger partial charge in [-0.05, 0) is 49.4 Å². The maximum Gasteiger partial charge on any atom is 0.0528 e. The van der Waals surface area contributed by atoms with E-state index in [1.165, 1.54) is 24.8 Å². The van der Waals surface area contributed by atoms with Gasteiger partial charge in [-0.1, -0.05) is 23.7 Å². The number of hydrogen-bond donors (Lipinski definition) is 1. The molecule has 2 atom stereocenters. The fourth-order valence-corrected chi connectivity index (χ4v) is 3.92. The van der Waals surface area contributed by atoms with Gasteiger partial charge in [-0.15, -0.1) is 0 Å². The topological polar surface area (TPSA) is 21.3 Å². The van der Waals surface area contributed by atoms with Crippen LogP contribution in [0, 0.1) is 11.3 Å². The van der Waals surface area contributed by atoms with Crippen molar-refractivity contribution in [2.45, 2.75) is 25.2 Å². The summed E-state index contributed by atoms with van der Waals surface area (Å²) in [5.74, 6) is 1.39. The van der Waals surface area contributed by atoms with Crippen molar-refractivity contribution in [1.82, 2.24) is 5.32 Å². The molecule has 1 saturated carbocycles. The largest absolute Gasteiger partial charge is 0.384 e. The molecule has 1 N–H and O–H groups in total. The number of rotatable bonds is 4. The monoisotopic (exact) mass is 279 g/mol. The zero-order valence-electron chi connectivity index (χ0n) is 11.5. The molecule has 0 amide bonds. The summed E-state index contributed by atoms with van der Waals surface area (Å²) < 4.78 is 5.61. The molecule has 1 aliphatic carbocycles. The Bertz CT molecular complexity index is 425. The van der Waals surface area contributed by atoms with Crippen LogP contribution in [-0.2, 0) is 4.74 Å². The molecule has 0 bridgehead atoms. The Kier molecular flexibility index (Phi) is 3.84. The number of nitrogens with one attached hydrogen (secondary N) is 1. The molecule has 1 aromatic carbocycles. The van der Waals surface area contributed by atoms with Crippen molar-refractivity contribution < 1.29 is 4.74 Å². The summed E-state index contributed by atoms with van der Waals surface area (Å²) in [6, 6.07) is 8.39. The standard InChI is InChI=1S/C16H22ClNO/c1-19-11-16(13-4-5-13)8-9-18-10-15(16)12-2-6-14(17)7-3-12/h2-3,6-7,13,15,18H,4-5,8-11H2,1H3. The quantitative estimate of drug-likeness (QED) is 0.911. The van der Waals surface area contributed by atoms with Crippen LogP contribution in [0.4, 0.5) is 0 Å². The van der Waals surface area contributed by atoms with Gasteiger partial charge in [-0.25, -0.2) is 0 Å². The fraction of sp³-hybridized carbons (Fsp3) is 0.625. The van der Waals surface area contributed by atoms with Gasteiger partial charge in [0.05, 0.1) is 6.61 Å². The lowest BCUT2D eigenvalue weighted by Gasteiger charge is -2.45. The van der Waals surface area contributed by atoms with Gasteiger partial charge in [0.2, 0.25) is 0 Å². The summed E-state index contributed by atoms with van der Waals surface area (Å²) in [4.78, 5) is 0. The number of ether oxygens (including phenoxy) is 1. The van der Waals surface area contributed by atoms with Crippen LogP contribution >= 0.6 is 11.6 Å². The van der Waals surface area contributed by atoms with Crippen LogP contribution in [0.5, 0.6) is 0 Å². The van der Waals surface area contributed by atoms with Crippen molar-refractivity contribution in [1.29, 1.82) is 0 Å². The normalized spacial score (nSPS) is 31.4. The van der Waals surface area contributed by atoms with Crippen LogP contribution in [0.2, 0.25) is 5.02 Å². The lowest BCUT2D eigenvalue weighted by atomic mass is 9.65. The number of hydrogen-bond acceptors (Lipinski definition) is 2. The minimum absolute atomic E-state index is 0.327. The highest BCUT2D eigenvalue weighted by Gasteiger charge is 2.51. The second-order valence-electron chi connectivity index (χ2n) is 6.00. The molecule has 1 saturated heterocycles. The summed E-state index contributed by atoms with van der Waals surface area (Å²) >= 11 is 6.02. The van der Waals surface area contributed by atoms with E-state index in [1.807, 2.05) is 19.2 Å². The van der Waals surface area contributed by atoms with E-state index in [9.17, 15) is 0 Å².